The van der Waals surface area contributed by atoms with Gasteiger partial charge in [0.25, 0.3) is 5.56 Å². The number of hydrogen-bond acceptors (Lipinski definition) is 3. The van der Waals surface area contributed by atoms with Gasteiger partial charge in [-0.05, 0) is 24.3 Å². The van der Waals surface area contributed by atoms with Crippen LogP contribution in [0.1, 0.15) is 26.6 Å². The Morgan fingerprint density at radius 1 is 1.04 bits per heavy atom. The predicted molar refractivity (Wildman–Crippen MR) is 92.6 cm³/mol. The Kier molecular flexibility index (Phi) is 3.68. The second-order valence-corrected chi connectivity index (χ2v) is 6.54. The molecule has 0 fully saturated rings. The number of benzene rings is 2. The van der Waals surface area contributed by atoms with E-state index in [0.29, 0.717) is 11.1 Å². The highest BCUT2D eigenvalue weighted by atomic mass is 16.5. The van der Waals surface area contributed by atoms with E-state index in [1.165, 1.54) is 0 Å². The first-order chi connectivity index (χ1) is 10.9. The minimum absolute atomic E-state index is 0.209. The molecule has 23 heavy (non-hydrogen) atoms. The first-order valence-electron chi connectivity index (χ1n) is 7.58. The zero-order valence-corrected chi connectivity index (χ0v) is 13.8. The van der Waals surface area contributed by atoms with Gasteiger partial charge in [-0.3, -0.25) is 9.36 Å². The van der Waals surface area contributed by atoms with Gasteiger partial charge in [0.05, 0.1) is 18.0 Å². The molecule has 0 N–H and O–H groups in total. The molecular formula is C19H20N2O2. The average molecular weight is 308 g/mol. The van der Waals surface area contributed by atoms with Gasteiger partial charge in [-0.15, -0.1) is 0 Å². The standard InChI is InChI=1S/C19H20N2O2/c1-19(2,3)18-20-17(22)15-11-10-14(23-4)12-16(15)21(18)13-8-6-5-7-9-13/h5-12H,1-4H3. The Hall–Kier alpha value is -2.62. The third kappa shape index (κ3) is 2.72. The highest BCUT2D eigenvalue weighted by Gasteiger charge is 2.23. The molecule has 0 saturated heterocycles. The van der Waals surface area contributed by atoms with E-state index in [-0.39, 0.29) is 11.0 Å². The van der Waals surface area contributed by atoms with Crippen LogP contribution in [0.25, 0.3) is 16.6 Å². The van der Waals surface area contributed by atoms with Crippen molar-refractivity contribution in [2.45, 2.75) is 26.2 Å². The summed E-state index contributed by atoms with van der Waals surface area (Å²) < 4.78 is 7.38. The summed E-state index contributed by atoms with van der Waals surface area (Å²) in [6.07, 6.45) is 0. The molecule has 0 unspecified atom stereocenters. The van der Waals surface area contributed by atoms with Crippen LogP contribution in [0.5, 0.6) is 5.75 Å². The van der Waals surface area contributed by atoms with Crippen LogP contribution in [-0.2, 0) is 5.41 Å². The average Bonchev–Trinajstić information content (AvgIpc) is 2.54. The van der Waals surface area contributed by atoms with Gasteiger partial charge in [0.15, 0.2) is 0 Å². The lowest BCUT2D eigenvalue weighted by atomic mass is 9.94. The second kappa shape index (κ2) is 5.54. The van der Waals surface area contributed by atoms with E-state index in [0.717, 1.165) is 17.0 Å². The molecule has 3 rings (SSSR count). The lowest BCUT2D eigenvalue weighted by Crippen LogP contribution is -2.27. The van der Waals surface area contributed by atoms with Gasteiger partial charge >= 0.3 is 0 Å². The Labute approximate surface area is 135 Å². The molecule has 1 heterocycles. The fraction of sp³-hybridized carbons (Fsp3) is 0.263. The third-order valence-electron chi connectivity index (χ3n) is 3.78. The number of hydrogen-bond donors (Lipinski definition) is 0. The molecule has 0 spiro atoms. The largest absolute Gasteiger partial charge is 0.497 e. The number of ether oxygens (including phenoxy) is 1. The van der Waals surface area contributed by atoms with Crippen molar-refractivity contribution in [1.29, 1.82) is 0 Å². The summed E-state index contributed by atoms with van der Waals surface area (Å²) in [7, 11) is 1.62. The molecular weight excluding hydrogens is 288 g/mol. The topological polar surface area (TPSA) is 44.1 Å². The van der Waals surface area contributed by atoms with Crippen LogP contribution in [0.3, 0.4) is 0 Å². The summed E-state index contributed by atoms with van der Waals surface area (Å²) in [5, 5.41) is 0.586. The first-order valence-corrected chi connectivity index (χ1v) is 7.58. The van der Waals surface area contributed by atoms with E-state index in [2.05, 4.69) is 25.8 Å². The molecule has 4 heteroatoms. The number of fused-ring (bicyclic) bond motifs is 1. The molecule has 0 amide bonds. The number of para-hydroxylation sites is 1. The highest BCUT2D eigenvalue weighted by Crippen LogP contribution is 2.28. The van der Waals surface area contributed by atoms with E-state index in [9.17, 15) is 4.79 Å². The van der Waals surface area contributed by atoms with Crippen LogP contribution in [0.4, 0.5) is 0 Å². The van der Waals surface area contributed by atoms with E-state index in [1.54, 1.807) is 19.2 Å². The fourth-order valence-corrected chi connectivity index (χ4v) is 2.67. The molecule has 4 nitrogen and oxygen atoms in total. The maximum Gasteiger partial charge on any atom is 0.280 e. The van der Waals surface area contributed by atoms with E-state index < -0.39 is 0 Å². The molecule has 2 aromatic carbocycles. The zero-order chi connectivity index (χ0) is 16.6. The summed E-state index contributed by atoms with van der Waals surface area (Å²) in [5.41, 5.74) is 1.30. The molecule has 0 bridgehead atoms. The molecule has 3 aromatic rings. The second-order valence-electron chi connectivity index (χ2n) is 6.54. The van der Waals surface area contributed by atoms with Gasteiger partial charge in [0, 0.05) is 17.2 Å². The summed E-state index contributed by atoms with van der Waals surface area (Å²) in [4.78, 5) is 16.8. The van der Waals surface area contributed by atoms with Crippen molar-refractivity contribution in [3.05, 3.63) is 64.7 Å². The summed E-state index contributed by atoms with van der Waals surface area (Å²) in [5.74, 6) is 1.45. The Morgan fingerprint density at radius 3 is 2.35 bits per heavy atom. The maximum atomic E-state index is 12.5. The SMILES string of the molecule is COc1ccc2c(=O)nc(C(C)(C)C)n(-c3ccccc3)c2c1. The molecule has 118 valence electrons. The molecule has 0 radical (unpaired) electrons. The van der Waals surface area contributed by atoms with Crippen LogP contribution in [0.15, 0.2) is 53.3 Å². The normalized spacial score (nSPS) is 11.7. The van der Waals surface area contributed by atoms with Crippen LogP contribution in [0.2, 0.25) is 0 Å². The van der Waals surface area contributed by atoms with Crippen LogP contribution in [0, 0.1) is 0 Å². The van der Waals surface area contributed by atoms with Crippen molar-refractivity contribution in [3.63, 3.8) is 0 Å². The molecule has 0 saturated carbocycles. The number of nitrogens with zero attached hydrogens (tertiary/aromatic N) is 2. The van der Waals surface area contributed by atoms with Crippen molar-refractivity contribution in [1.82, 2.24) is 9.55 Å². The monoisotopic (exact) mass is 308 g/mol. The molecule has 0 aliphatic rings. The molecule has 0 atom stereocenters. The van der Waals surface area contributed by atoms with Crippen molar-refractivity contribution < 1.29 is 4.74 Å². The van der Waals surface area contributed by atoms with Crippen molar-refractivity contribution >= 4 is 10.9 Å². The zero-order valence-electron chi connectivity index (χ0n) is 13.8. The number of methoxy groups -OCH3 is 1. The third-order valence-corrected chi connectivity index (χ3v) is 3.78. The van der Waals surface area contributed by atoms with Crippen molar-refractivity contribution in [3.8, 4) is 11.4 Å². The van der Waals surface area contributed by atoms with Crippen LogP contribution >= 0.6 is 0 Å². The van der Waals surface area contributed by atoms with Crippen LogP contribution < -0.4 is 10.3 Å². The Balaban J connectivity index is 2.50. The van der Waals surface area contributed by atoms with Gasteiger partial charge in [0.1, 0.15) is 11.6 Å². The highest BCUT2D eigenvalue weighted by molar-refractivity contribution is 5.81. The first kappa shape index (κ1) is 15.3. The molecule has 1 aromatic heterocycles. The summed E-state index contributed by atoms with van der Waals surface area (Å²) in [6, 6.07) is 15.4. The van der Waals surface area contributed by atoms with Gasteiger partial charge in [0.2, 0.25) is 0 Å². The number of aromatic nitrogens is 2. The smallest absolute Gasteiger partial charge is 0.280 e. The predicted octanol–water partition coefficient (Wildman–Crippen LogP) is 3.69. The van der Waals surface area contributed by atoms with Gasteiger partial charge in [-0.2, -0.15) is 4.98 Å². The van der Waals surface area contributed by atoms with Crippen LogP contribution in [-0.4, -0.2) is 16.7 Å². The maximum absolute atomic E-state index is 12.5. The van der Waals surface area contributed by atoms with Gasteiger partial charge in [-0.25, -0.2) is 0 Å². The molecule has 0 aliphatic carbocycles. The Morgan fingerprint density at radius 2 is 1.74 bits per heavy atom. The van der Waals surface area contributed by atoms with E-state index in [1.807, 2.05) is 41.0 Å². The van der Waals surface area contributed by atoms with Crippen molar-refractivity contribution in [2.75, 3.05) is 7.11 Å². The fourth-order valence-electron chi connectivity index (χ4n) is 2.67. The summed E-state index contributed by atoms with van der Waals surface area (Å²) in [6.45, 7) is 6.17. The van der Waals surface area contributed by atoms with Crippen molar-refractivity contribution in [2.24, 2.45) is 0 Å². The summed E-state index contributed by atoms with van der Waals surface area (Å²) >= 11 is 0. The minimum atomic E-state index is -0.272. The quantitative estimate of drug-likeness (QED) is 0.725. The van der Waals surface area contributed by atoms with E-state index >= 15 is 0 Å². The lowest BCUT2D eigenvalue weighted by molar-refractivity contribution is 0.415. The van der Waals surface area contributed by atoms with Gasteiger partial charge < -0.3 is 4.74 Å². The minimum Gasteiger partial charge on any atom is -0.497 e. The lowest BCUT2D eigenvalue weighted by Gasteiger charge is -2.25. The number of rotatable bonds is 2. The van der Waals surface area contributed by atoms with Gasteiger partial charge in [-0.1, -0.05) is 39.0 Å². The van der Waals surface area contributed by atoms with E-state index in [4.69, 9.17) is 4.74 Å². The molecule has 0 aliphatic heterocycles. The Bertz CT molecular complexity index is 906.